The van der Waals surface area contributed by atoms with Gasteiger partial charge in [0.1, 0.15) is 17.3 Å². The largest absolute Gasteiger partial charge is 0.324 e. The smallest absolute Gasteiger partial charge is 0.227 e. The zero-order valence-corrected chi connectivity index (χ0v) is 16.0. The Kier molecular flexibility index (Phi) is 4.70. The van der Waals surface area contributed by atoms with Gasteiger partial charge in [-0.1, -0.05) is 6.08 Å². The van der Waals surface area contributed by atoms with Gasteiger partial charge in [0, 0.05) is 30.1 Å². The molecule has 9 heteroatoms. The molecule has 1 aliphatic carbocycles. The minimum atomic E-state index is -1.62. The molecular weight excluding hydrogens is 405 g/mol. The van der Waals surface area contributed by atoms with Crippen LogP contribution in [0, 0.1) is 5.82 Å². The molecule has 6 nitrogen and oxygen atoms in total. The second kappa shape index (κ2) is 7.67. The molecule has 0 amide bonds. The third kappa shape index (κ3) is 3.65. The van der Waals surface area contributed by atoms with Crippen molar-refractivity contribution in [3.63, 3.8) is 0 Å². The predicted molar refractivity (Wildman–Crippen MR) is 110 cm³/mol. The van der Waals surface area contributed by atoms with Gasteiger partial charge in [0.25, 0.3) is 0 Å². The summed E-state index contributed by atoms with van der Waals surface area (Å²) in [6.45, 7) is 0. The lowest BCUT2D eigenvalue weighted by atomic mass is 10.0. The summed E-state index contributed by atoms with van der Waals surface area (Å²) < 4.78 is 41.8. The minimum absolute atomic E-state index is 0.0568. The number of fused-ring (bicyclic) bond motifs is 1. The second-order valence-corrected chi connectivity index (χ2v) is 6.91. The Balaban J connectivity index is 1.59. The number of aromatic nitrogens is 5. The molecule has 0 saturated heterocycles. The predicted octanol–water partition coefficient (Wildman–Crippen LogP) is 4.88. The van der Waals surface area contributed by atoms with Crippen molar-refractivity contribution >= 4 is 11.5 Å². The highest BCUT2D eigenvalue weighted by Crippen LogP contribution is 2.34. The van der Waals surface area contributed by atoms with Gasteiger partial charge >= 0.3 is 0 Å². The van der Waals surface area contributed by atoms with Gasteiger partial charge in [-0.05, 0) is 48.5 Å². The van der Waals surface area contributed by atoms with Crippen LogP contribution in [0.4, 0.5) is 19.1 Å². The van der Waals surface area contributed by atoms with E-state index >= 15 is 0 Å². The maximum Gasteiger partial charge on any atom is 0.227 e. The minimum Gasteiger partial charge on any atom is -0.324 e. The fraction of sp³-hybridized carbons (Fsp3) is 0.0909. The Bertz CT molecular complexity index is 1330. The van der Waals surface area contributed by atoms with E-state index in [2.05, 4.69) is 25.5 Å². The van der Waals surface area contributed by atoms with Crippen LogP contribution in [0.15, 0.2) is 78.5 Å². The molecule has 1 N–H and O–H groups in total. The quantitative estimate of drug-likeness (QED) is 0.510. The van der Waals surface area contributed by atoms with Crippen LogP contribution in [0.25, 0.3) is 28.0 Å². The molecular formula is C22H15F3N6. The van der Waals surface area contributed by atoms with Crippen molar-refractivity contribution in [2.75, 3.05) is 5.32 Å². The van der Waals surface area contributed by atoms with E-state index in [-0.39, 0.29) is 18.2 Å². The van der Waals surface area contributed by atoms with Crippen LogP contribution in [0.5, 0.6) is 0 Å². The summed E-state index contributed by atoms with van der Waals surface area (Å²) in [5.74, 6) is -0.968. The number of rotatable bonds is 4. The molecule has 1 unspecified atom stereocenters. The molecule has 1 atom stereocenters. The SMILES string of the molecule is FC1=CC(Nc2nccc(-c3c(-c4ccc(F)cc4)nn4ncccc34)n2)=CCC1F. The fourth-order valence-electron chi connectivity index (χ4n) is 3.37. The van der Waals surface area contributed by atoms with E-state index in [1.54, 1.807) is 42.7 Å². The molecule has 3 heterocycles. The van der Waals surface area contributed by atoms with Gasteiger partial charge in [0.15, 0.2) is 6.17 Å². The van der Waals surface area contributed by atoms with Crippen molar-refractivity contribution in [1.82, 2.24) is 24.8 Å². The van der Waals surface area contributed by atoms with E-state index in [9.17, 15) is 13.2 Å². The summed E-state index contributed by atoms with van der Waals surface area (Å²) in [4.78, 5) is 8.72. The van der Waals surface area contributed by atoms with E-state index in [0.717, 1.165) is 6.08 Å². The first-order valence-corrected chi connectivity index (χ1v) is 9.50. The average molecular weight is 420 g/mol. The van der Waals surface area contributed by atoms with E-state index in [4.69, 9.17) is 0 Å². The lowest BCUT2D eigenvalue weighted by Gasteiger charge is -2.13. The van der Waals surface area contributed by atoms with Gasteiger partial charge in [-0.3, -0.25) is 0 Å². The molecule has 5 rings (SSSR count). The lowest BCUT2D eigenvalue weighted by Crippen LogP contribution is -2.10. The monoisotopic (exact) mass is 420 g/mol. The number of anilines is 1. The number of nitrogens with one attached hydrogen (secondary N) is 1. The summed E-state index contributed by atoms with van der Waals surface area (Å²) in [7, 11) is 0. The molecule has 0 fully saturated rings. The molecule has 0 saturated carbocycles. The zero-order valence-electron chi connectivity index (χ0n) is 16.0. The number of benzene rings is 1. The number of halogens is 3. The Hall–Kier alpha value is -4.01. The summed E-state index contributed by atoms with van der Waals surface area (Å²) in [5.41, 5.74) is 3.59. The summed E-state index contributed by atoms with van der Waals surface area (Å²) in [6.07, 6.45) is 4.13. The Labute approximate surface area is 174 Å². The standard InChI is InChI=1S/C22H15F3N6/c23-14-5-3-13(4-6-14)21-20(19-2-1-10-27-31(19)30-21)18-9-11-26-22(29-18)28-15-7-8-16(24)17(25)12-15/h1-7,9-12,16H,8H2,(H,26,28,29). The Morgan fingerprint density at radius 2 is 1.87 bits per heavy atom. The molecule has 1 aromatic carbocycles. The first kappa shape index (κ1) is 19.0. The maximum atomic E-state index is 13.6. The second-order valence-electron chi connectivity index (χ2n) is 6.91. The van der Waals surface area contributed by atoms with Gasteiger partial charge in [-0.2, -0.15) is 9.73 Å². The van der Waals surface area contributed by atoms with Crippen molar-refractivity contribution in [1.29, 1.82) is 0 Å². The van der Waals surface area contributed by atoms with Crippen LogP contribution < -0.4 is 5.32 Å². The van der Waals surface area contributed by atoms with Crippen LogP contribution >= 0.6 is 0 Å². The van der Waals surface area contributed by atoms with Crippen molar-refractivity contribution in [2.45, 2.75) is 12.6 Å². The first-order chi connectivity index (χ1) is 15.1. The topological polar surface area (TPSA) is 68.0 Å². The first-order valence-electron chi connectivity index (χ1n) is 9.50. The van der Waals surface area contributed by atoms with Gasteiger partial charge in [0.2, 0.25) is 5.95 Å². The third-order valence-electron chi connectivity index (χ3n) is 4.84. The van der Waals surface area contributed by atoms with E-state index in [1.165, 1.54) is 16.8 Å². The van der Waals surface area contributed by atoms with Crippen LogP contribution in [0.1, 0.15) is 6.42 Å². The molecule has 0 aliphatic heterocycles. The molecule has 0 bridgehead atoms. The Morgan fingerprint density at radius 3 is 2.68 bits per heavy atom. The fourth-order valence-corrected chi connectivity index (χ4v) is 3.37. The maximum absolute atomic E-state index is 13.6. The van der Waals surface area contributed by atoms with Crippen molar-refractivity contribution in [2.24, 2.45) is 0 Å². The molecule has 154 valence electrons. The van der Waals surface area contributed by atoms with Crippen molar-refractivity contribution in [3.8, 4) is 22.5 Å². The highest BCUT2D eigenvalue weighted by molar-refractivity contribution is 5.90. The average Bonchev–Trinajstić information content (AvgIpc) is 3.17. The molecule has 0 radical (unpaired) electrons. The number of nitrogens with zero attached hydrogens (tertiary/aromatic N) is 5. The summed E-state index contributed by atoms with van der Waals surface area (Å²) in [6, 6.07) is 11.3. The van der Waals surface area contributed by atoms with Crippen LogP contribution in [0.3, 0.4) is 0 Å². The number of allylic oxidation sites excluding steroid dienone is 3. The molecule has 31 heavy (non-hydrogen) atoms. The Morgan fingerprint density at radius 1 is 1.03 bits per heavy atom. The van der Waals surface area contributed by atoms with Crippen LogP contribution in [0.2, 0.25) is 0 Å². The lowest BCUT2D eigenvalue weighted by molar-refractivity contribution is 0.324. The van der Waals surface area contributed by atoms with Gasteiger partial charge in [-0.25, -0.2) is 23.1 Å². The number of alkyl halides is 1. The van der Waals surface area contributed by atoms with Crippen molar-refractivity contribution in [3.05, 3.63) is 84.4 Å². The van der Waals surface area contributed by atoms with Crippen molar-refractivity contribution < 1.29 is 13.2 Å². The number of hydrogen-bond acceptors (Lipinski definition) is 5. The molecule has 1 aliphatic rings. The van der Waals surface area contributed by atoms with E-state index in [0.29, 0.717) is 33.7 Å². The zero-order chi connectivity index (χ0) is 21.4. The van der Waals surface area contributed by atoms with E-state index < -0.39 is 12.0 Å². The van der Waals surface area contributed by atoms with Gasteiger partial charge in [-0.15, -0.1) is 5.10 Å². The highest BCUT2D eigenvalue weighted by atomic mass is 19.2. The number of hydrogen-bond donors (Lipinski definition) is 1. The van der Waals surface area contributed by atoms with Crippen LogP contribution in [-0.2, 0) is 0 Å². The summed E-state index contributed by atoms with van der Waals surface area (Å²) >= 11 is 0. The molecule has 0 spiro atoms. The highest BCUT2D eigenvalue weighted by Gasteiger charge is 2.20. The summed E-state index contributed by atoms with van der Waals surface area (Å²) in [5, 5.41) is 11.7. The van der Waals surface area contributed by atoms with Gasteiger partial charge < -0.3 is 5.32 Å². The van der Waals surface area contributed by atoms with Gasteiger partial charge in [0.05, 0.1) is 16.8 Å². The normalized spacial score (nSPS) is 16.2. The van der Waals surface area contributed by atoms with E-state index in [1.807, 2.05) is 6.07 Å². The molecule has 4 aromatic rings. The third-order valence-corrected chi connectivity index (χ3v) is 4.84. The van der Waals surface area contributed by atoms with Crippen LogP contribution in [-0.4, -0.2) is 31.0 Å². The molecule has 3 aromatic heterocycles.